The number of hydrogen-bond acceptors (Lipinski definition) is 3. The third-order valence-electron chi connectivity index (χ3n) is 2.79. The highest BCUT2D eigenvalue weighted by Gasteiger charge is 2.24. The summed E-state index contributed by atoms with van der Waals surface area (Å²) in [5.74, 6) is 0. The van der Waals surface area contributed by atoms with Crippen LogP contribution in [0.25, 0.3) is 0 Å². The molecule has 1 aromatic carbocycles. The van der Waals surface area contributed by atoms with Crippen LogP contribution in [0.15, 0.2) is 22.7 Å². The Kier molecular flexibility index (Phi) is 4.41. The van der Waals surface area contributed by atoms with Crippen molar-refractivity contribution in [3.8, 4) is 6.07 Å². The molecule has 0 radical (unpaired) electrons. The quantitative estimate of drug-likeness (QED) is 0.842. The molecule has 0 aromatic heterocycles. The van der Waals surface area contributed by atoms with Gasteiger partial charge in [0.05, 0.1) is 19.3 Å². The number of hydrogen-bond donors (Lipinski definition) is 0. The summed E-state index contributed by atoms with van der Waals surface area (Å²) in [6.45, 7) is 2.90. The molecule has 0 aliphatic carbocycles. The Morgan fingerprint density at radius 2 is 2.12 bits per heavy atom. The molecule has 1 fully saturated rings. The van der Waals surface area contributed by atoms with E-state index in [1.54, 1.807) is 0 Å². The van der Waals surface area contributed by atoms with E-state index in [0.717, 1.165) is 23.1 Å². The van der Waals surface area contributed by atoms with Gasteiger partial charge in [0.1, 0.15) is 6.04 Å². The lowest BCUT2D eigenvalue weighted by Crippen LogP contribution is -2.38. The second-order valence-corrected chi connectivity index (χ2v) is 5.14. The topological polar surface area (TPSA) is 36.3 Å². The lowest BCUT2D eigenvalue weighted by molar-refractivity contribution is 0.0265. The smallest absolute Gasteiger partial charge is 0.125 e. The fourth-order valence-corrected chi connectivity index (χ4v) is 2.55. The minimum absolute atomic E-state index is 0.271. The average Bonchev–Trinajstić information content (AvgIpc) is 2.36. The minimum Gasteiger partial charge on any atom is -0.379 e. The van der Waals surface area contributed by atoms with Gasteiger partial charge in [0.2, 0.25) is 0 Å². The van der Waals surface area contributed by atoms with E-state index < -0.39 is 0 Å². The average molecular weight is 316 g/mol. The van der Waals surface area contributed by atoms with Gasteiger partial charge in [-0.15, -0.1) is 0 Å². The Morgan fingerprint density at radius 3 is 2.76 bits per heavy atom. The highest BCUT2D eigenvalue weighted by atomic mass is 79.9. The van der Waals surface area contributed by atoms with E-state index >= 15 is 0 Å². The number of morpholine rings is 1. The molecule has 1 heterocycles. The maximum atomic E-state index is 9.35. The summed E-state index contributed by atoms with van der Waals surface area (Å²) in [4.78, 5) is 2.11. The molecule has 0 spiro atoms. The van der Waals surface area contributed by atoms with Gasteiger partial charge in [-0.1, -0.05) is 27.5 Å². The lowest BCUT2D eigenvalue weighted by Gasteiger charge is -2.31. The Labute approximate surface area is 114 Å². The Hall–Kier alpha value is -0.600. The molecule has 1 unspecified atom stereocenters. The first-order valence-electron chi connectivity index (χ1n) is 5.38. The molecule has 17 heavy (non-hydrogen) atoms. The summed E-state index contributed by atoms with van der Waals surface area (Å²) in [7, 11) is 0. The van der Waals surface area contributed by atoms with Crippen LogP contribution >= 0.6 is 27.5 Å². The van der Waals surface area contributed by atoms with Crippen molar-refractivity contribution in [2.24, 2.45) is 0 Å². The first kappa shape index (κ1) is 12.8. The van der Waals surface area contributed by atoms with Gasteiger partial charge in [-0.05, 0) is 23.8 Å². The third kappa shape index (κ3) is 2.99. The number of ether oxygens (including phenoxy) is 1. The van der Waals surface area contributed by atoms with Crippen LogP contribution < -0.4 is 0 Å². The molecule has 3 nitrogen and oxygen atoms in total. The van der Waals surface area contributed by atoms with Gasteiger partial charge in [0.25, 0.3) is 0 Å². The first-order chi connectivity index (χ1) is 8.22. The minimum atomic E-state index is -0.271. The first-order valence-corrected chi connectivity index (χ1v) is 6.56. The van der Waals surface area contributed by atoms with E-state index in [2.05, 4.69) is 26.9 Å². The van der Waals surface area contributed by atoms with Crippen molar-refractivity contribution < 1.29 is 4.74 Å². The molecule has 5 heteroatoms. The van der Waals surface area contributed by atoms with Crippen LogP contribution in [0.1, 0.15) is 11.6 Å². The van der Waals surface area contributed by atoms with Crippen LogP contribution in [0.2, 0.25) is 5.02 Å². The van der Waals surface area contributed by atoms with Crippen LogP contribution in [-0.2, 0) is 4.74 Å². The summed E-state index contributed by atoms with van der Waals surface area (Å²) < 4.78 is 6.21. The molecule has 1 saturated heterocycles. The zero-order chi connectivity index (χ0) is 12.3. The second kappa shape index (κ2) is 5.83. The van der Waals surface area contributed by atoms with Crippen molar-refractivity contribution in [3.63, 3.8) is 0 Å². The normalized spacial score (nSPS) is 18.6. The molecular formula is C12H12BrClN2O. The van der Waals surface area contributed by atoms with Crippen LogP contribution in [0.3, 0.4) is 0 Å². The van der Waals surface area contributed by atoms with Gasteiger partial charge in [-0.3, -0.25) is 4.90 Å². The van der Waals surface area contributed by atoms with Gasteiger partial charge >= 0.3 is 0 Å². The fraction of sp³-hybridized carbons (Fsp3) is 0.417. The lowest BCUT2D eigenvalue weighted by atomic mass is 10.1. The summed E-state index contributed by atoms with van der Waals surface area (Å²) in [5, 5.41) is 10.0. The van der Waals surface area contributed by atoms with Crippen LogP contribution in [0.5, 0.6) is 0 Å². The third-order valence-corrected chi connectivity index (χ3v) is 3.74. The highest BCUT2D eigenvalue weighted by molar-refractivity contribution is 9.10. The zero-order valence-electron chi connectivity index (χ0n) is 9.20. The van der Waals surface area contributed by atoms with Crippen LogP contribution in [0, 0.1) is 11.3 Å². The monoisotopic (exact) mass is 314 g/mol. The van der Waals surface area contributed by atoms with Gasteiger partial charge in [0.15, 0.2) is 0 Å². The number of rotatable bonds is 2. The van der Waals surface area contributed by atoms with Crippen molar-refractivity contribution in [2.75, 3.05) is 26.3 Å². The molecule has 1 atom stereocenters. The van der Waals surface area contributed by atoms with Gasteiger partial charge in [-0.25, -0.2) is 0 Å². The standard InChI is InChI=1S/C12H12BrClN2O/c13-11-2-1-9(14)7-10(11)12(8-15)16-3-5-17-6-4-16/h1-2,7,12H,3-6H2. The van der Waals surface area contributed by atoms with Crippen molar-refractivity contribution >= 4 is 27.5 Å². The number of halogens is 2. The van der Waals surface area contributed by atoms with E-state index in [4.69, 9.17) is 16.3 Å². The molecule has 1 aliphatic rings. The van der Waals surface area contributed by atoms with E-state index in [1.807, 2.05) is 18.2 Å². The molecule has 1 aromatic rings. The summed E-state index contributed by atoms with van der Waals surface area (Å²) in [5.41, 5.74) is 0.918. The summed E-state index contributed by atoms with van der Waals surface area (Å²) in [6.07, 6.45) is 0. The van der Waals surface area contributed by atoms with E-state index in [1.165, 1.54) is 0 Å². The zero-order valence-corrected chi connectivity index (χ0v) is 11.5. The number of nitrogens with zero attached hydrogens (tertiary/aromatic N) is 2. The Morgan fingerprint density at radius 1 is 1.41 bits per heavy atom. The highest BCUT2D eigenvalue weighted by Crippen LogP contribution is 2.30. The van der Waals surface area contributed by atoms with Crippen LogP contribution in [0.4, 0.5) is 0 Å². The molecule has 0 saturated carbocycles. The van der Waals surface area contributed by atoms with E-state index in [9.17, 15) is 5.26 Å². The van der Waals surface area contributed by atoms with Crippen molar-refractivity contribution in [3.05, 3.63) is 33.3 Å². The van der Waals surface area contributed by atoms with E-state index in [0.29, 0.717) is 18.2 Å². The van der Waals surface area contributed by atoms with Gasteiger partial charge in [-0.2, -0.15) is 5.26 Å². The molecule has 0 bridgehead atoms. The van der Waals surface area contributed by atoms with E-state index in [-0.39, 0.29) is 6.04 Å². The molecule has 0 amide bonds. The molecule has 2 rings (SSSR count). The SMILES string of the molecule is N#CC(c1cc(Cl)ccc1Br)N1CCOCC1. The summed E-state index contributed by atoms with van der Waals surface area (Å²) >= 11 is 9.45. The molecule has 90 valence electrons. The van der Waals surface area contributed by atoms with Crippen molar-refractivity contribution in [1.82, 2.24) is 4.90 Å². The second-order valence-electron chi connectivity index (χ2n) is 3.85. The van der Waals surface area contributed by atoms with Crippen molar-refractivity contribution in [1.29, 1.82) is 5.26 Å². The maximum absolute atomic E-state index is 9.35. The van der Waals surface area contributed by atoms with Gasteiger partial charge in [0, 0.05) is 22.6 Å². The molecule has 1 aliphatic heterocycles. The number of nitriles is 1. The summed E-state index contributed by atoms with van der Waals surface area (Å²) in [6, 6.07) is 7.59. The maximum Gasteiger partial charge on any atom is 0.125 e. The van der Waals surface area contributed by atoms with Crippen molar-refractivity contribution in [2.45, 2.75) is 6.04 Å². The fourth-order valence-electron chi connectivity index (χ4n) is 1.91. The predicted octanol–water partition coefficient (Wildman–Crippen LogP) is 3.00. The molecular weight excluding hydrogens is 304 g/mol. The Bertz CT molecular complexity index is 441. The predicted molar refractivity (Wildman–Crippen MR) is 69.9 cm³/mol. The van der Waals surface area contributed by atoms with Crippen LogP contribution in [-0.4, -0.2) is 31.2 Å². The number of benzene rings is 1. The Balaban J connectivity index is 2.28. The largest absolute Gasteiger partial charge is 0.379 e. The van der Waals surface area contributed by atoms with Gasteiger partial charge < -0.3 is 4.74 Å². The molecule has 0 N–H and O–H groups in total.